The van der Waals surface area contributed by atoms with Crippen LogP contribution in [-0.2, 0) is 0 Å². The Balaban J connectivity index is 1.10. The van der Waals surface area contributed by atoms with E-state index in [1.807, 2.05) is 84.1 Å². The van der Waals surface area contributed by atoms with Crippen molar-refractivity contribution in [1.82, 2.24) is 24.5 Å². The molecule has 7 aromatic carbocycles. The molecule has 0 radical (unpaired) electrons. The smallest absolute Gasteiger partial charge is 0.164 e. The molecule has 10 aromatic rings. The maximum Gasteiger partial charge on any atom is 0.164 e. The van der Waals surface area contributed by atoms with Crippen LogP contribution in [0.25, 0.3) is 93.6 Å². The lowest BCUT2D eigenvalue weighted by Crippen LogP contribution is -2.00. The Morgan fingerprint density at radius 3 is 1.65 bits per heavy atom. The second kappa shape index (κ2) is 12.5. The average molecular weight is 684 g/mol. The monoisotopic (exact) mass is 683 g/mol. The molecule has 0 aliphatic carbocycles. The van der Waals surface area contributed by atoms with Gasteiger partial charge in [-0.3, -0.25) is 4.57 Å². The van der Waals surface area contributed by atoms with Crippen LogP contribution >= 0.6 is 11.3 Å². The molecule has 10 rings (SSSR count). The van der Waals surface area contributed by atoms with Crippen LogP contribution in [0.3, 0.4) is 0 Å². The van der Waals surface area contributed by atoms with Crippen LogP contribution in [0.5, 0.6) is 0 Å². The molecule has 0 fully saturated rings. The zero-order valence-corrected chi connectivity index (χ0v) is 28.7. The lowest BCUT2D eigenvalue weighted by atomic mass is 9.98. The molecule has 0 atom stereocenters. The number of fused-ring (bicyclic) bond motifs is 4. The normalized spacial score (nSPS) is 11.5. The molecule has 0 saturated carbocycles. The van der Waals surface area contributed by atoms with Gasteiger partial charge in [-0.05, 0) is 59.7 Å². The number of nitrogens with zero attached hydrogens (tertiary/aromatic N) is 5. The average Bonchev–Trinajstić information content (AvgIpc) is 3.80. The van der Waals surface area contributed by atoms with Crippen LogP contribution < -0.4 is 0 Å². The minimum atomic E-state index is 0.651. The number of thiophene rings is 1. The molecule has 5 nitrogen and oxygen atoms in total. The van der Waals surface area contributed by atoms with Gasteiger partial charge < -0.3 is 0 Å². The van der Waals surface area contributed by atoms with Gasteiger partial charge in [0, 0.05) is 48.1 Å². The number of benzene rings is 7. The van der Waals surface area contributed by atoms with Gasteiger partial charge in [0.2, 0.25) is 0 Å². The summed E-state index contributed by atoms with van der Waals surface area (Å²) in [6, 6.07) is 61.0. The number of aromatic nitrogens is 5. The predicted molar refractivity (Wildman–Crippen MR) is 215 cm³/mol. The molecule has 0 unspecified atom stereocenters. The van der Waals surface area contributed by atoms with Gasteiger partial charge in [-0.2, -0.15) is 0 Å². The van der Waals surface area contributed by atoms with E-state index in [0.717, 1.165) is 50.4 Å². The lowest BCUT2D eigenvalue weighted by molar-refractivity contribution is 1.07. The lowest BCUT2D eigenvalue weighted by Gasteiger charge is -2.12. The predicted octanol–water partition coefficient (Wildman–Crippen LogP) is 11.9. The van der Waals surface area contributed by atoms with Crippen LogP contribution in [0, 0.1) is 0 Å². The van der Waals surface area contributed by atoms with Crippen molar-refractivity contribution in [3.8, 4) is 62.4 Å². The standard InChI is InChI=1S/C46H29N5S/c1-4-13-31(14-5-1)43-48-44(32-15-6-2-7-16-32)50-45(49-43)34-25-28-40-37(29-34)42-36(19-12-22-41(42)52-40)30-23-26-35(27-24-30)51-39-21-11-10-20-38(39)47-46(51)33-17-8-3-9-18-33/h1-29H. The highest BCUT2D eigenvalue weighted by Gasteiger charge is 2.17. The first kappa shape index (κ1) is 30.1. The van der Waals surface area contributed by atoms with Crippen LogP contribution in [0.2, 0.25) is 0 Å². The molecule has 244 valence electrons. The van der Waals surface area contributed by atoms with E-state index in [1.54, 1.807) is 0 Å². The van der Waals surface area contributed by atoms with Crippen molar-refractivity contribution < 1.29 is 0 Å². The molecule has 0 bridgehead atoms. The third-order valence-corrected chi connectivity index (χ3v) is 10.6. The fraction of sp³-hybridized carbons (Fsp3) is 0. The molecule has 0 saturated heterocycles. The molecule has 52 heavy (non-hydrogen) atoms. The highest BCUT2D eigenvalue weighted by molar-refractivity contribution is 7.26. The van der Waals surface area contributed by atoms with E-state index in [1.165, 1.54) is 25.7 Å². The first-order valence-electron chi connectivity index (χ1n) is 17.2. The van der Waals surface area contributed by atoms with Gasteiger partial charge in [0.15, 0.2) is 17.5 Å². The van der Waals surface area contributed by atoms with E-state index in [2.05, 4.69) is 108 Å². The first-order chi connectivity index (χ1) is 25.8. The number of para-hydroxylation sites is 2. The van der Waals surface area contributed by atoms with Crippen LogP contribution in [0.1, 0.15) is 0 Å². The molecular weight excluding hydrogens is 655 g/mol. The Morgan fingerprint density at radius 1 is 0.404 bits per heavy atom. The van der Waals surface area contributed by atoms with Crippen LogP contribution in [-0.4, -0.2) is 24.5 Å². The summed E-state index contributed by atoms with van der Waals surface area (Å²) in [5.74, 6) is 2.89. The van der Waals surface area contributed by atoms with E-state index in [4.69, 9.17) is 19.9 Å². The van der Waals surface area contributed by atoms with Gasteiger partial charge in [0.25, 0.3) is 0 Å². The van der Waals surface area contributed by atoms with Gasteiger partial charge in [-0.15, -0.1) is 11.3 Å². The highest BCUT2D eigenvalue weighted by atomic mass is 32.1. The fourth-order valence-corrected chi connectivity index (χ4v) is 8.11. The number of hydrogen-bond acceptors (Lipinski definition) is 5. The van der Waals surface area contributed by atoms with Crippen molar-refractivity contribution in [3.63, 3.8) is 0 Å². The summed E-state index contributed by atoms with van der Waals surface area (Å²) in [6.07, 6.45) is 0. The van der Waals surface area contributed by atoms with E-state index in [9.17, 15) is 0 Å². The van der Waals surface area contributed by atoms with Crippen molar-refractivity contribution in [2.75, 3.05) is 0 Å². The third kappa shape index (κ3) is 5.25. The topological polar surface area (TPSA) is 56.5 Å². The Hall–Kier alpha value is -6.76. The Bertz CT molecular complexity index is 2820. The maximum absolute atomic E-state index is 5.04. The summed E-state index contributed by atoms with van der Waals surface area (Å²) >= 11 is 1.81. The fourth-order valence-electron chi connectivity index (χ4n) is 7.00. The Kier molecular flexibility index (Phi) is 7.25. The maximum atomic E-state index is 5.04. The van der Waals surface area contributed by atoms with E-state index >= 15 is 0 Å². The Labute approximate surface area is 304 Å². The van der Waals surface area contributed by atoms with E-state index in [0.29, 0.717) is 17.5 Å². The van der Waals surface area contributed by atoms with Crippen LogP contribution in [0.4, 0.5) is 0 Å². The molecule has 0 spiro atoms. The zero-order chi connectivity index (χ0) is 34.4. The SMILES string of the molecule is c1ccc(-c2nc(-c3ccccc3)nc(-c3ccc4sc5cccc(-c6ccc(-n7c(-c8ccccc8)nc8ccccc87)cc6)c5c4c3)n2)cc1. The molecule has 3 aromatic heterocycles. The molecular formula is C46H29N5S. The molecule has 0 amide bonds. The van der Waals surface area contributed by atoms with Crippen LogP contribution in [0.15, 0.2) is 176 Å². The number of rotatable bonds is 6. The van der Waals surface area contributed by atoms with Crippen molar-refractivity contribution in [2.24, 2.45) is 0 Å². The summed E-state index contributed by atoms with van der Waals surface area (Å²) in [7, 11) is 0. The van der Waals surface area contributed by atoms with Crippen molar-refractivity contribution >= 4 is 42.5 Å². The molecule has 0 aliphatic rings. The molecule has 0 N–H and O–H groups in total. The number of hydrogen-bond donors (Lipinski definition) is 0. The third-order valence-electron chi connectivity index (χ3n) is 9.48. The summed E-state index contributed by atoms with van der Waals surface area (Å²) < 4.78 is 4.72. The summed E-state index contributed by atoms with van der Waals surface area (Å²) in [5, 5.41) is 2.42. The second-order valence-electron chi connectivity index (χ2n) is 12.7. The van der Waals surface area contributed by atoms with E-state index < -0.39 is 0 Å². The van der Waals surface area contributed by atoms with Gasteiger partial charge in [-0.25, -0.2) is 19.9 Å². The first-order valence-corrected chi connectivity index (χ1v) is 18.0. The van der Waals surface area contributed by atoms with Gasteiger partial charge in [0.1, 0.15) is 5.82 Å². The van der Waals surface area contributed by atoms with Crippen molar-refractivity contribution in [2.45, 2.75) is 0 Å². The van der Waals surface area contributed by atoms with Crippen molar-refractivity contribution in [1.29, 1.82) is 0 Å². The largest absolute Gasteiger partial charge is 0.292 e. The summed E-state index contributed by atoms with van der Waals surface area (Å²) in [6.45, 7) is 0. The molecule has 0 aliphatic heterocycles. The minimum Gasteiger partial charge on any atom is -0.292 e. The van der Waals surface area contributed by atoms with Gasteiger partial charge in [0.05, 0.1) is 11.0 Å². The Morgan fingerprint density at radius 2 is 0.981 bits per heavy atom. The highest BCUT2D eigenvalue weighted by Crippen LogP contribution is 2.42. The zero-order valence-electron chi connectivity index (χ0n) is 27.9. The number of imidazole rings is 1. The minimum absolute atomic E-state index is 0.651. The molecule has 6 heteroatoms. The summed E-state index contributed by atoms with van der Waals surface area (Å²) in [5.41, 5.74) is 9.41. The van der Waals surface area contributed by atoms with Gasteiger partial charge in [-0.1, -0.05) is 127 Å². The van der Waals surface area contributed by atoms with E-state index in [-0.39, 0.29) is 0 Å². The second-order valence-corrected chi connectivity index (χ2v) is 13.8. The summed E-state index contributed by atoms with van der Waals surface area (Å²) in [4.78, 5) is 20.0. The quantitative estimate of drug-likeness (QED) is 0.175. The van der Waals surface area contributed by atoms with Gasteiger partial charge >= 0.3 is 0 Å². The molecule has 3 heterocycles. The van der Waals surface area contributed by atoms with Crippen molar-refractivity contribution in [3.05, 3.63) is 176 Å².